The van der Waals surface area contributed by atoms with Gasteiger partial charge in [-0.15, -0.1) is 0 Å². The van der Waals surface area contributed by atoms with Crippen LogP contribution in [-0.4, -0.2) is 35.8 Å². The van der Waals surface area contributed by atoms with Crippen molar-refractivity contribution in [1.82, 2.24) is 28.7 Å². The minimum atomic E-state index is -0.195. The van der Waals surface area contributed by atoms with Crippen LogP contribution in [0.25, 0.3) is 28.2 Å². The van der Waals surface area contributed by atoms with E-state index in [1.165, 1.54) is 10.9 Å². The van der Waals surface area contributed by atoms with E-state index in [1.54, 1.807) is 24.2 Å². The van der Waals surface area contributed by atoms with Crippen molar-refractivity contribution in [1.29, 1.82) is 0 Å². The van der Waals surface area contributed by atoms with Crippen LogP contribution in [0.3, 0.4) is 0 Å². The van der Waals surface area contributed by atoms with Gasteiger partial charge in [0, 0.05) is 23.8 Å². The van der Waals surface area contributed by atoms with Gasteiger partial charge in [-0.2, -0.15) is 0 Å². The zero-order valence-corrected chi connectivity index (χ0v) is 16.4. The zero-order valence-electron chi connectivity index (χ0n) is 16.4. The van der Waals surface area contributed by atoms with Crippen LogP contribution in [0.15, 0.2) is 78.4 Å². The smallest absolute Gasteiger partial charge is 0.284 e. The van der Waals surface area contributed by atoms with E-state index in [2.05, 4.69) is 15.0 Å². The first kappa shape index (κ1) is 17.9. The van der Waals surface area contributed by atoms with Crippen LogP contribution in [0.2, 0.25) is 0 Å². The molecule has 148 valence electrons. The van der Waals surface area contributed by atoms with Gasteiger partial charge in [0.1, 0.15) is 24.2 Å². The van der Waals surface area contributed by atoms with Crippen molar-refractivity contribution in [2.24, 2.45) is 0 Å². The van der Waals surface area contributed by atoms with Crippen LogP contribution in [-0.2, 0) is 0 Å². The molecule has 0 bridgehead atoms. The molecule has 0 aliphatic rings. The van der Waals surface area contributed by atoms with Gasteiger partial charge < -0.3 is 9.30 Å². The SMILES string of the molecule is COc1ccc(-n2cnc3ncn(-c4ccc(-n5ccnc5C)cc4)c(=O)c32)cc1. The van der Waals surface area contributed by atoms with E-state index < -0.39 is 0 Å². The molecule has 0 amide bonds. The summed E-state index contributed by atoms with van der Waals surface area (Å²) in [4.78, 5) is 26.2. The molecular formula is C22H18N6O2. The van der Waals surface area contributed by atoms with E-state index in [1.807, 2.05) is 66.2 Å². The second kappa shape index (κ2) is 7.00. The third-order valence-corrected chi connectivity index (χ3v) is 5.05. The lowest BCUT2D eigenvalue weighted by molar-refractivity contribution is 0.415. The van der Waals surface area contributed by atoms with E-state index in [9.17, 15) is 4.79 Å². The Morgan fingerprint density at radius 2 is 1.33 bits per heavy atom. The minimum Gasteiger partial charge on any atom is -0.497 e. The number of ether oxygens (including phenoxy) is 1. The number of hydrogen-bond acceptors (Lipinski definition) is 5. The second-order valence-corrected chi connectivity index (χ2v) is 6.77. The summed E-state index contributed by atoms with van der Waals surface area (Å²) < 4.78 is 10.5. The fraction of sp³-hybridized carbons (Fsp3) is 0.0909. The summed E-state index contributed by atoms with van der Waals surface area (Å²) in [6, 6.07) is 15.1. The number of aryl methyl sites for hydroxylation is 1. The predicted octanol–water partition coefficient (Wildman–Crippen LogP) is 3.07. The molecule has 0 aliphatic carbocycles. The van der Waals surface area contributed by atoms with Crippen LogP contribution in [0.1, 0.15) is 5.82 Å². The van der Waals surface area contributed by atoms with Gasteiger partial charge in [-0.1, -0.05) is 0 Å². The fourth-order valence-electron chi connectivity index (χ4n) is 3.46. The maximum atomic E-state index is 13.3. The van der Waals surface area contributed by atoms with E-state index in [4.69, 9.17) is 4.74 Å². The first-order valence-electron chi connectivity index (χ1n) is 9.35. The van der Waals surface area contributed by atoms with E-state index in [0.717, 1.165) is 28.6 Å². The van der Waals surface area contributed by atoms with Gasteiger partial charge in [0.2, 0.25) is 0 Å². The highest BCUT2D eigenvalue weighted by molar-refractivity contribution is 5.72. The molecule has 30 heavy (non-hydrogen) atoms. The van der Waals surface area contributed by atoms with Crippen molar-refractivity contribution < 1.29 is 4.74 Å². The summed E-state index contributed by atoms with van der Waals surface area (Å²) in [7, 11) is 1.61. The quantitative estimate of drug-likeness (QED) is 0.465. The van der Waals surface area contributed by atoms with Crippen molar-refractivity contribution in [3.63, 3.8) is 0 Å². The molecule has 0 atom stereocenters. The fourth-order valence-corrected chi connectivity index (χ4v) is 3.46. The van der Waals surface area contributed by atoms with Crippen molar-refractivity contribution in [2.75, 3.05) is 7.11 Å². The highest BCUT2D eigenvalue weighted by atomic mass is 16.5. The molecule has 0 saturated carbocycles. The molecule has 5 aromatic rings. The van der Waals surface area contributed by atoms with Crippen LogP contribution in [0.4, 0.5) is 0 Å². The normalized spacial score (nSPS) is 11.1. The Morgan fingerprint density at radius 3 is 1.93 bits per heavy atom. The van der Waals surface area contributed by atoms with Gasteiger partial charge in [-0.25, -0.2) is 15.0 Å². The molecule has 0 spiro atoms. The summed E-state index contributed by atoms with van der Waals surface area (Å²) >= 11 is 0. The Morgan fingerprint density at radius 1 is 0.767 bits per heavy atom. The molecule has 0 N–H and O–H groups in total. The maximum absolute atomic E-state index is 13.3. The molecule has 0 fully saturated rings. The summed E-state index contributed by atoms with van der Waals surface area (Å²) in [6.45, 7) is 1.94. The van der Waals surface area contributed by atoms with E-state index >= 15 is 0 Å². The van der Waals surface area contributed by atoms with Crippen LogP contribution in [0.5, 0.6) is 5.75 Å². The number of rotatable bonds is 4. The third kappa shape index (κ3) is 2.86. The van der Waals surface area contributed by atoms with Crippen LogP contribution < -0.4 is 10.3 Å². The van der Waals surface area contributed by atoms with Gasteiger partial charge in [0.15, 0.2) is 11.2 Å². The summed E-state index contributed by atoms with van der Waals surface area (Å²) in [6.07, 6.45) is 6.77. The Hall–Kier alpha value is -4.20. The van der Waals surface area contributed by atoms with Gasteiger partial charge in [0.05, 0.1) is 12.8 Å². The predicted molar refractivity (Wildman–Crippen MR) is 113 cm³/mol. The Kier molecular flexibility index (Phi) is 4.17. The first-order valence-corrected chi connectivity index (χ1v) is 9.35. The zero-order chi connectivity index (χ0) is 20.7. The highest BCUT2D eigenvalue weighted by Crippen LogP contribution is 2.19. The largest absolute Gasteiger partial charge is 0.497 e. The highest BCUT2D eigenvalue weighted by Gasteiger charge is 2.13. The topological polar surface area (TPSA) is 79.8 Å². The molecule has 0 radical (unpaired) electrons. The van der Waals surface area contributed by atoms with E-state index in [0.29, 0.717) is 11.2 Å². The number of aromatic nitrogens is 6. The number of imidazole rings is 2. The molecule has 0 aliphatic heterocycles. The maximum Gasteiger partial charge on any atom is 0.284 e. The summed E-state index contributed by atoms with van der Waals surface area (Å²) in [5, 5.41) is 0. The molecule has 5 rings (SSSR count). The monoisotopic (exact) mass is 398 g/mol. The van der Waals surface area contributed by atoms with Crippen molar-refractivity contribution in [3.05, 3.63) is 89.8 Å². The van der Waals surface area contributed by atoms with Gasteiger partial charge in [-0.05, 0) is 55.5 Å². The van der Waals surface area contributed by atoms with Crippen molar-refractivity contribution >= 4 is 11.2 Å². The first-order chi connectivity index (χ1) is 14.7. The Labute approximate surface area is 171 Å². The lowest BCUT2D eigenvalue weighted by atomic mass is 10.2. The molecule has 2 aromatic carbocycles. The van der Waals surface area contributed by atoms with E-state index in [-0.39, 0.29) is 5.56 Å². The number of fused-ring (bicyclic) bond motifs is 1. The molecule has 3 heterocycles. The summed E-state index contributed by atoms with van der Waals surface area (Å²) in [5.74, 6) is 1.64. The number of nitrogens with zero attached hydrogens (tertiary/aromatic N) is 6. The lowest BCUT2D eigenvalue weighted by Crippen LogP contribution is -2.20. The van der Waals surface area contributed by atoms with Crippen LogP contribution in [0, 0.1) is 6.92 Å². The average Bonchev–Trinajstić information content (AvgIpc) is 3.41. The minimum absolute atomic E-state index is 0.195. The Balaban J connectivity index is 1.59. The number of benzene rings is 2. The van der Waals surface area contributed by atoms with Crippen LogP contribution >= 0.6 is 0 Å². The Bertz CT molecular complexity index is 1390. The molecule has 8 nitrogen and oxygen atoms in total. The average molecular weight is 398 g/mol. The standard InChI is InChI=1S/C22H18N6O2/c1-15-23-11-12-26(15)16-3-5-18(6-4-16)28-14-25-21-20(22(28)29)27(13-24-21)17-7-9-19(30-2)10-8-17/h3-14H,1-2H3. The van der Waals surface area contributed by atoms with Crippen molar-refractivity contribution in [3.8, 4) is 22.8 Å². The molecule has 8 heteroatoms. The van der Waals surface area contributed by atoms with Gasteiger partial charge in [0.25, 0.3) is 5.56 Å². The van der Waals surface area contributed by atoms with Gasteiger partial charge >= 0.3 is 0 Å². The van der Waals surface area contributed by atoms with Gasteiger partial charge in [-0.3, -0.25) is 13.9 Å². The second-order valence-electron chi connectivity index (χ2n) is 6.77. The molecule has 3 aromatic heterocycles. The summed E-state index contributed by atoms with van der Waals surface area (Å²) in [5.41, 5.74) is 3.12. The molecule has 0 saturated heterocycles. The molecule has 0 unspecified atom stereocenters. The number of methoxy groups -OCH3 is 1. The van der Waals surface area contributed by atoms with Crippen molar-refractivity contribution in [2.45, 2.75) is 6.92 Å². The molecular weight excluding hydrogens is 380 g/mol. The number of hydrogen-bond donors (Lipinski definition) is 0. The lowest BCUT2D eigenvalue weighted by Gasteiger charge is -2.10. The third-order valence-electron chi connectivity index (χ3n) is 5.05.